The molecule has 2 aromatic rings. The molecule has 2 aliphatic heterocycles. The van der Waals surface area contributed by atoms with Gasteiger partial charge in [0.25, 0.3) is 0 Å². The molecule has 0 spiro atoms. The van der Waals surface area contributed by atoms with Crippen LogP contribution >= 0.6 is 0 Å². The second-order valence-corrected chi connectivity index (χ2v) is 7.44. The van der Waals surface area contributed by atoms with Crippen LogP contribution in [-0.2, 0) is 11.3 Å². The zero-order chi connectivity index (χ0) is 20.2. The van der Waals surface area contributed by atoms with Crippen molar-refractivity contribution in [1.29, 1.82) is 0 Å². The van der Waals surface area contributed by atoms with Crippen LogP contribution in [-0.4, -0.2) is 49.5 Å². The second kappa shape index (κ2) is 8.51. The SMILES string of the molecule is NC(=NCc1ccc(N2CCCC2=O)cc1)N1CCN(c2ccc(F)cc2)CC1. The summed E-state index contributed by atoms with van der Waals surface area (Å²) < 4.78 is 13.1. The molecular weight excluding hydrogens is 369 g/mol. The molecule has 0 saturated carbocycles. The molecule has 2 saturated heterocycles. The van der Waals surface area contributed by atoms with E-state index in [9.17, 15) is 9.18 Å². The minimum atomic E-state index is -0.219. The molecule has 4 rings (SSSR count). The van der Waals surface area contributed by atoms with Gasteiger partial charge in [-0.15, -0.1) is 0 Å². The maximum Gasteiger partial charge on any atom is 0.227 e. The van der Waals surface area contributed by atoms with Gasteiger partial charge in [-0.2, -0.15) is 0 Å². The molecule has 152 valence electrons. The number of piperazine rings is 1. The first kappa shape index (κ1) is 19.2. The monoisotopic (exact) mass is 395 g/mol. The Morgan fingerprint density at radius 1 is 0.931 bits per heavy atom. The number of amides is 1. The van der Waals surface area contributed by atoms with Crippen molar-refractivity contribution < 1.29 is 9.18 Å². The topological polar surface area (TPSA) is 65.2 Å². The van der Waals surface area contributed by atoms with E-state index in [2.05, 4.69) is 14.8 Å². The Morgan fingerprint density at radius 3 is 2.21 bits per heavy atom. The van der Waals surface area contributed by atoms with Crippen LogP contribution in [0.1, 0.15) is 18.4 Å². The van der Waals surface area contributed by atoms with Gasteiger partial charge >= 0.3 is 0 Å². The third-order valence-electron chi connectivity index (χ3n) is 5.54. The number of anilines is 2. The van der Waals surface area contributed by atoms with Gasteiger partial charge in [0.1, 0.15) is 5.82 Å². The van der Waals surface area contributed by atoms with Crippen LogP contribution in [0.3, 0.4) is 0 Å². The Hall–Kier alpha value is -3.09. The number of carbonyl (C=O) groups is 1. The Bertz CT molecular complexity index is 873. The molecule has 0 aliphatic carbocycles. The molecule has 29 heavy (non-hydrogen) atoms. The number of hydrogen-bond acceptors (Lipinski definition) is 3. The van der Waals surface area contributed by atoms with E-state index in [1.807, 2.05) is 41.3 Å². The molecule has 1 amide bonds. The zero-order valence-corrected chi connectivity index (χ0v) is 16.4. The third kappa shape index (κ3) is 4.50. The van der Waals surface area contributed by atoms with Gasteiger partial charge in [-0.3, -0.25) is 4.79 Å². The van der Waals surface area contributed by atoms with E-state index in [4.69, 9.17) is 5.73 Å². The van der Waals surface area contributed by atoms with E-state index >= 15 is 0 Å². The van der Waals surface area contributed by atoms with Gasteiger partial charge in [-0.05, 0) is 48.4 Å². The number of halogens is 1. The largest absolute Gasteiger partial charge is 0.370 e. The molecule has 2 N–H and O–H groups in total. The van der Waals surface area contributed by atoms with Crippen molar-refractivity contribution in [3.05, 3.63) is 59.9 Å². The van der Waals surface area contributed by atoms with Crippen LogP contribution in [0.15, 0.2) is 53.5 Å². The second-order valence-electron chi connectivity index (χ2n) is 7.44. The summed E-state index contributed by atoms with van der Waals surface area (Å²) in [5, 5.41) is 0. The normalized spacial score (nSPS) is 17.9. The van der Waals surface area contributed by atoms with E-state index in [1.54, 1.807) is 0 Å². The third-order valence-corrected chi connectivity index (χ3v) is 5.54. The predicted molar refractivity (Wildman–Crippen MR) is 114 cm³/mol. The summed E-state index contributed by atoms with van der Waals surface area (Å²) in [4.78, 5) is 22.5. The number of nitrogens with two attached hydrogens (primary N) is 1. The van der Waals surface area contributed by atoms with Crippen molar-refractivity contribution in [2.45, 2.75) is 19.4 Å². The van der Waals surface area contributed by atoms with Crippen molar-refractivity contribution >= 4 is 23.2 Å². The molecule has 6 nitrogen and oxygen atoms in total. The van der Waals surface area contributed by atoms with Crippen LogP contribution in [0.5, 0.6) is 0 Å². The lowest BCUT2D eigenvalue weighted by Crippen LogP contribution is -2.51. The highest BCUT2D eigenvalue weighted by Crippen LogP contribution is 2.22. The summed E-state index contributed by atoms with van der Waals surface area (Å²) in [6, 6.07) is 14.6. The first-order chi connectivity index (χ1) is 14.1. The molecule has 2 fully saturated rings. The van der Waals surface area contributed by atoms with Gasteiger partial charge in [0.05, 0.1) is 6.54 Å². The van der Waals surface area contributed by atoms with Gasteiger partial charge in [-0.25, -0.2) is 9.38 Å². The molecule has 0 unspecified atom stereocenters. The summed E-state index contributed by atoms with van der Waals surface area (Å²) in [6.45, 7) is 4.51. The van der Waals surface area contributed by atoms with Crippen molar-refractivity contribution in [1.82, 2.24) is 4.90 Å². The highest BCUT2D eigenvalue weighted by Gasteiger charge is 2.21. The predicted octanol–water partition coefficient (Wildman–Crippen LogP) is 2.59. The van der Waals surface area contributed by atoms with E-state index in [1.165, 1.54) is 12.1 Å². The van der Waals surface area contributed by atoms with Crippen molar-refractivity contribution in [3.8, 4) is 0 Å². The number of hydrogen-bond donors (Lipinski definition) is 1. The van der Waals surface area contributed by atoms with Crippen LogP contribution in [0.4, 0.5) is 15.8 Å². The minimum absolute atomic E-state index is 0.194. The minimum Gasteiger partial charge on any atom is -0.370 e. The Kier molecular flexibility index (Phi) is 5.64. The molecule has 2 aliphatic rings. The van der Waals surface area contributed by atoms with Crippen LogP contribution in [0.25, 0.3) is 0 Å². The summed E-state index contributed by atoms with van der Waals surface area (Å²) in [6.07, 6.45) is 1.56. The maximum atomic E-state index is 13.1. The molecular formula is C22H26FN5O. The summed E-state index contributed by atoms with van der Waals surface area (Å²) >= 11 is 0. The average molecular weight is 395 g/mol. The van der Waals surface area contributed by atoms with Crippen molar-refractivity contribution in [2.75, 3.05) is 42.5 Å². The van der Waals surface area contributed by atoms with Gasteiger partial charge in [0.15, 0.2) is 5.96 Å². The van der Waals surface area contributed by atoms with E-state index in [0.717, 1.165) is 56.1 Å². The van der Waals surface area contributed by atoms with Gasteiger partial charge in [0.2, 0.25) is 5.91 Å². The maximum absolute atomic E-state index is 13.1. The highest BCUT2D eigenvalue weighted by atomic mass is 19.1. The molecule has 0 atom stereocenters. The quantitative estimate of drug-likeness (QED) is 0.638. The fraction of sp³-hybridized carbons (Fsp3) is 0.364. The first-order valence-corrected chi connectivity index (χ1v) is 10.0. The van der Waals surface area contributed by atoms with Crippen LogP contribution in [0, 0.1) is 5.82 Å². The summed E-state index contributed by atoms with van der Waals surface area (Å²) in [7, 11) is 0. The smallest absolute Gasteiger partial charge is 0.227 e. The number of rotatable bonds is 4. The number of guanidine groups is 1. The van der Waals surface area contributed by atoms with Gasteiger partial charge in [-0.1, -0.05) is 12.1 Å². The fourth-order valence-electron chi connectivity index (χ4n) is 3.82. The van der Waals surface area contributed by atoms with E-state index in [0.29, 0.717) is 18.9 Å². The molecule has 0 bridgehead atoms. The molecule has 7 heteroatoms. The summed E-state index contributed by atoms with van der Waals surface area (Å²) in [5.41, 5.74) is 9.24. The van der Waals surface area contributed by atoms with Gasteiger partial charge in [0, 0.05) is 50.5 Å². The number of nitrogens with zero attached hydrogens (tertiary/aromatic N) is 4. The van der Waals surface area contributed by atoms with E-state index < -0.39 is 0 Å². The van der Waals surface area contributed by atoms with Crippen molar-refractivity contribution in [3.63, 3.8) is 0 Å². The number of aliphatic imine (C=N–C) groups is 1. The first-order valence-electron chi connectivity index (χ1n) is 10.0. The lowest BCUT2D eigenvalue weighted by atomic mass is 10.2. The molecule has 0 radical (unpaired) electrons. The molecule has 0 aromatic heterocycles. The standard InChI is InChI=1S/C22H26FN5O/c23-18-5-9-19(10-6-18)26-12-14-27(15-13-26)22(24)25-16-17-3-7-20(8-4-17)28-11-1-2-21(28)29/h3-10H,1-2,11-16H2,(H2,24,25). The Morgan fingerprint density at radius 2 is 1.59 bits per heavy atom. The number of carbonyl (C=O) groups excluding carboxylic acids is 1. The van der Waals surface area contributed by atoms with Crippen LogP contribution in [0.2, 0.25) is 0 Å². The zero-order valence-electron chi connectivity index (χ0n) is 16.4. The molecule has 2 aromatic carbocycles. The average Bonchev–Trinajstić information content (AvgIpc) is 3.19. The highest BCUT2D eigenvalue weighted by molar-refractivity contribution is 5.95. The molecule has 2 heterocycles. The Labute approximate surface area is 170 Å². The fourth-order valence-corrected chi connectivity index (χ4v) is 3.82. The lowest BCUT2D eigenvalue weighted by Gasteiger charge is -2.36. The van der Waals surface area contributed by atoms with Gasteiger partial charge < -0.3 is 20.4 Å². The van der Waals surface area contributed by atoms with Crippen molar-refractivity contribution in [2.24, 2.45) is 10.7 Å². The number of benzene rings is 2. The van der Waals surface area contributed by atoms with E-state index in [-0.39, 0.29) is 11.7 Å². The Balaban J connectivity index is 1.30. The summed E-state index contributed by atoms with van der Waals surface area (Å²) in [5.74, 6) is 0.520. The lowest BCUT2D eigenvalue weighted by molar-refractivity contribution is -0.117. The van der Waals surface area contributed by atoms with Crippen LogP contribution < -0.4 is 15.5 Å².